The van der Waals surface area contributed by atoms with E-state index in [9.17, 15) is 0 Å². The molecule has 94 valence electrons. The minimum atomic E-state index is 1.22. The molecule has 0 aliphatic rings. The summed E-state index contributed by atoms with van der Waals surface area (Å²) in [6.45, 7) is 0. The average molecular weight is 255 g/mol. The number of benzene rings is 3. The molecule has 0 spiro atoms. The van der Waals surface area contributed by atoms with Crippen LogP contribution in [0.2, 0.25) is 0 Å². The molecule has 0 atom stereocenters. The van der Waals surface area contributed by atoms with Crippen molar-refractivity contribution in [1.82, 2.24) is 4.57 Å². The molecule has 4 aromatic rings. The Morgan fingerprint density at radius 1 is 0.650 bits per heavy atom. The summed E-state index contributed by atoms with van der Waals surface area (Å²) < 4.78 is 2.36. The molecule has 1 heterocycles. The molecule has 0 N–H and O–H groups in total. The predicted molar refractivity (Wildman–Crippen MR) is 89.0 cm³/mol. The Morgan fingerprint density at radius 2 is 1.35 bits per heavy atom. The van der Waals surface area contributed by atoms with Crippen LogP contribution < -0.4 is 5.46 Å². The van der Waals surface area contributed by atoms with Gasteiger partial charge >= 0.3 is 0 Å². The first-order valence-corrected chi connectivity index (χ1v) is 6.90. The van der Waals surface area contributed by atoms with E-state index in [4.69, 9.17) is 0 Å². The zero-order chi connectivity index (χ0) is 13.5. The van der Waals surface area contributed by atoms with Crippen molar-refractivity contribution >= 4 is 35.1 Å². The largest absolute Gasteiger partial charge is 0.310 e. The first-order valence-electron chi connectivity index (χ1n) is 6.90. The summed E-state index contributed by atoms with van der Waals surface area (Å²) in [5.41, 5.74) is 5.10. The van der Waals surface area contributed by atoms with Crippen molar-refractivity contribution in [2.75, 3.05) is 0 Å². The van der Waals surface area contributed by atoms with Gasteiger partial charge in [-0.05, 0) is 18.2 Å². The number of para-hydroxylation sites is 3. The van der Waals surface area contributed by atoms with Crippen LogP contribution in [0.3, 0.4) is 0 Å². The van der Waals surface area contributed by atoms with E-state index >= 15 is 0 Å². The summed E-state index contributed by atoms with van der Waals surface area (Å²) in [5, 5.41) is 2.64. The van der Waals surface area contributed by atoms with Crippen LogP contribution in [0.5, 0.6) is 0 Å². The van der Waals surface area contributed by atoms with E-state index in [-0.39, 0.29) is 0 Å². The predicted octanol–water partition coefficient (Wildman–Crippen LogP) is 3.04. The summed E-state index contributed by atoms with van der Waals surface area (Å²) in [6.07, 6.45) is 0. The third kappa shape index (κ3) is 1.51. The highest BCUT2D eigenvalue weighted by atomic mass is 15.0. The Balaban J connectivity index is 2.27. The SMILES string of the molecule is Bc1cccc2c3ccccc3n(-c3ccccc3)c12. The van der Waals surface area contributed by atoms with Crippen molar-refractivity contribution < 1.29 is 0 Å². The summed E-state index contributed by atoms with van der Waals surface area (Å²) in [7, 11) is 2.18. The molecule has 0 aliphatic carbocycles. The Labute approximate surface area is 118 Å². The van der Waals surface area contributed by atoms with Gasteiger partial charge in [-0.2, -0.15) is 0 Å². The van der Waals surface area contributed by atoms with Crippen LogP contribution in [0.4, 0.5) is 0 Å². The third-order valence-electron chi connectivity index (χ3n) is 3.91. The normalized spacial score (nSPS) is 11.2. The topological polar surface area (TPSA) is 4.93 Å². The number of fused-ring (bicyclic) bond motifs is 3. The lowest BCUT2D eigenvalue weighted by molar-refractivity contribution is 1.18. The molecule has 4 rings (SSSR count). The minimum absolute atomic E-state index is 1.22. The number of hydrogen-bond donors (Lipinski definition) is 0. The van der Waals surface area contributed by atoms with Gasteiger partial charge in [-0.3, -0.25) is 0 Å². The van der Waals surface area contributed by atoms with Crippen LogP contribution in [0.15, 0.2) is 72.8 Å². The quantitative estimate of drug-likeness (QED) is 0.461. The molecule has 0 bridgehead atoms. The molecule has 1 nitrogen and oxygen atoms in total. The maximum absolute atomic E-state index is 2.36. The van der Waals surface area contributed by atoms with Gasteiger partial charge in [0.1, 0.15) is 7.85 Å². The standard InChI is InChI=1S/C18H14BN/c19-16-11-6-10-15-14-9-4-5-12-17(14)20(18(15)16)13-7-2-1-3-8-13/h1-12H,19H2. The molecule has 1 aromatic heterocycles. The Hall–Kier alpha value is -2.48. The van der Waals surface area contributed by atoms with Crippen molar-refractivity contribution in [2.24, 2.45) is 0 Å². The van der Waals surface area contributed by atoms with Gasteiger partial charge in [0.2, 0.25) is 0 Å². The van der Waals surface area contributed by atoms with Gasteiger partial charge in [0.15, 0.2) is 0 Å². The minimum Gasteiger partial charge on any atom is -0.310 e. The van der Waals surface area contributed by atoms with Gasteiger partial charge in [0, 0.05) is 22.0 Å². The smallest absolute Gasteiger partial charge is 0.142 e. The fourth-order valence-corrected chi connectivity index (χ4v) is 3.04. The van der Waals surface area contributed by atoms with Crippen LogP contribution >= 0.6 is 0 Å². The van der Waals surface area contributed by atoms with Gasteiger partial charge in [0.05, 0.1) is 5.52 Å². The van der Waals surface area contributed by atoms with Crippen molar-refractivity contribution in [3.8, 4) is 5.69 Å². The van der Waals surface area contributed by atoms with E-state index < -0.39 is 0 Å². The van der Waals surface area contributed by atoms with Crippen molar-refractivity contribution in [3.05, 3.63) is 72.8 Å². The van der Waals surface area contributed by atoms with E-state index in [1.165, 1.54) is 33.0 Å². The molecule has 0 aliphatic heterocycles. The number of hydrogen-bond acceptors (Lipinski definition) is 0. The highest BCUT2D eigenvalue weighted by molar-refractivity contribution is 6.39. The lowest BCUT2D eigenvalue weighted by Crippen LogP contribution is -2.07. The number of rotatable bonds is 1. The Morgan fingerprint density at radius 3 is 2.20 bits per heavy atom. The first-order chi connectivity index (χ1) is 9.86. The summed E-state index contributed by atoms with van der Waals surface area (Å²) in [5.74, 6) is 0. The molecule has 0 fully saturated rings. The summed E-state index contributed by atoms with van der Waals surface area (Å²) in [4.78, 5) is 0. The van der Waals surface area contributed by atoms with Gasteiger partial charge < -0.3 is 4.57 Å². The lowest BCUT2D eigenvalue weighted by atomic mass is 9.93. The van der Waals surface area contributed by atoms with Crippen molar-refractivity contribution in [3.63, 3.8) is 0 Å². The maximum Gasteiger partial charge on any atom is 0.142 e. The van der Waals surface area contributed by atoms with Crippen molar-refractivity contribution in [2.45, 2.75) is 0 Å². The number of nitrogens with zero attached hydrogens (tertiary/aromatic N) is 1. The molecule has 0 amide bonds. The van der Waals surface area contributed by atoms with E-state index in [0.29, 0.717) is 0 Å². The monoisotopic (exact) mass is 255 g/mol. The summed E-state index contributed by atoms with van der Waals surface area (Å²) in [6, 6.07) is 25.7. The number of aromatic nitrogens is 1. The van der Waals surface area contributed by atoms with E-state index in [2.05, 4.69) is 85.2 Å². The Bertz CT molecular complexity index is 907. The van der Waals surface area contributed by atoms with Gasteiger partial charge in [-0.1, -0.05) is 60.1 Å². The highest BCUT2D eigenvalue weighted by Gasteiger charge is 2.12. The molecule has 2 heteroatoms. The van der Waals surface area contributed by atoms with Crippen molar-refractivity contribution in [1.29, 1.82) is 0 Å². The fourth-order valence-electron chi connectivity index (χ4n) is 3.04. The fraction of sp³-hybridized carbons (Fsp3) is 0. The van der Waals surface area contributed by atoms with Crippen LogP contribution in [0.1, 0.15) is 0 Å². The van der Waals surface area contributed by atoms with Crippen LogP contribution in [0, 0.1) is 0 Å². The second-order valence-electron chi connectivity index (χ2n) is 5.16. The molecular weight excluding hydrogens is 241 g/mol. The lowest BCUT2D eigenvalue weighted by Gasteiger charge is -2.09. The Kier molecular flexibility index (Phi) is 2.43. The van der Waals surface area contributed by atoms with Gasteiger partial charge in [-0.15, -0.1) is 0 Å². The average Bonchev–Trinajstić information content (AvgIpc) is 2.84. The highest BCUT2D eigenvalue weighted by Crippen LogP contribution is 2.30. The van der Waals surface area contributed by atoms with Crippen LogP contribution in [-0.2, 0) is 0 Å². The van der Waals surface area contributed by atoms with Crippen LogP contribution in [0.25, 0.3) is 27.5 Å². The van der Waals surface area contributed by atoms with Gasteiger partial charge in [-0.25, -0.2) is 0 Å². The molecule has 0 radical (unpaired) electrons. The second-order valence-corrected chi connectivity index (χ2v) is 5.16. The summed E-state index contributed by atoms with van der Waals surface area (Å²) >= 11 is 0. The molecular formula is C18H14BN. The molecule has 0 unspecified atom stereocenters. The zero-order valence-electron chi connectivity index (χ0n) is 11.4. The molecule has 3 aromatic carbocycles. The third-order valence-corrected chi connectivity index (χ3v) is 3.91. The molecule has 0 saturated carbocycles. The molecule has 20 heavy (non-hydrogen) atoms. The first kappa shape index (κ1) is 11.4. The van der Waals surface area contributed by atoms with Crippen LogP contribution in [-0.4, -0.2) is 12.4 Å². The van der Waals surface area contributed by atoms with Gasteiger partial charge in [0.25, 0.3) is 0 Å². The second kappa shape index (κ2) is 4.27. The zero-order valence-corrected chi connectivity index (χ0v) is 11.4. The van der Waals surface area contributed by atoms with E-state index in [0.717, 1.165) is 0 Å². The van der Waals surface area contributed by atoms with E-state index in [1.807, 2.05) is 0 Å². The van der Waals surface area contributed by atoms with E-state index in [1.54, 1.807) is 0 Å². The molecule has 0 saturated heterocycles. The maximum atomic E-state index is 2.36.